The summed E-state index contributed by atoms with van der Waals surface area (Å²) in [5.41, 5.74) is 2.70. The van der Waals surface area contributed by atoms with Crippen LogP contribution in [0.1, 0.15) is 24.4 Å². The summed E-state index contributed by atoms with van der Waals surface area (Å²) in [4.78, 5) is 6.81. The van der Waals surface area contributed by atoms with Gasteiger partial charge >= 0.3 is 0 Å². The lowest BCUT2D eigenvalue weighted by Crippen LogP contribution is -2.45. The second-order valence-electron chi connectivity index (χ2n) is 6.27. The highest BCUT2D eigenvalue weighted by Gasteiger charge is 2.21. The van der Waals surface area contributed by atoms with Crippen LogP contribution in [0.3, 0.4) is 0 Å². The fourth-order valence-electron chi connectivity index (χ4n) is 3.14. The Bertz CT molecular complexity index is 781. The van der Waals surface area contributed by atoms with Gasteiger partial charge in [-0.25, -0.2) is 4.98 Å². The summed E-state index contributed by atoms with van der Waals surface area (Å²) in [6.07, 6.45) is 2.29. The third-order valence-electron chi connectivity index (χ3n) is 4.41. The number of hydrogen-bond donors (Lipinski definition) is 1. The van der Waals surface area contributed by atoms with Crippen LogP contribution in [0.4, 0.5) is 5.82 Å². The van der Waals surface area contributed by atoms with Gasteiger partial charge in [-0.2, -0.15) is 5.10 Å². The van der Waals surface area contributed by atoms with E-state index in [2.05, 4.69) is 25.4 Å². The maximum Gasteiger partial charge on any atom is 0.209 e. The van der Waals surface area contributed by atoms with Crippen molar-refractivity contribution >= 4 is 16.9 Å². The van der Waals surface area contributed by atoms with Gasteiger partial charge in [0, 0.05) is 19.1 Å². The van der Waals surface area contributed by atoms with E-state index in [1.165, 1.54) is 0 Å². The molecule has 1 fully saturated rings. The van der Waals surface area contributed by atoms with E-state index in [1.807, 2.05) is 43.3 Å². The van der Waals surface area contributed by atoms with E-state index in [9.17, 15) is 0 Å². The monoisotopic (exact) mass is 323 g/mol. The summed E-state index contributed by atoms with van der Waals surface area (Å²) in [5, 5.41) is 12.0. The van der Waals surface area contributed by atoms with Crippen LogP contribution < -0.4 is 10.2 Å². The van der Waals surface area contributed by atoms with Crippen molar-refractivity contribution < 1.29 is 4.42 Å². The maximum atomic E-state index is 5.77. The maximum absolute atomic E-state index is 5.77. The minimum Gasteiger partial charge on any atom is -0.439 e. The first kappa shape index (κ1) is 15.1. The SMILES string of the molecule is Cc1ccc(N2CCCC(NCc3nc4ccccc4o3)C2)nn1. The molecule has 0 bridgehead atoms. The third kappa shape index (κ3) is 3.23. The summed E-state index contributed by atoms with van der Waals surface area (Å²) in [6.45, 7) is 4.56. The van der Waals surface area contributed by atoms with Crippen LogP contribution in [0.25, 0.3) is 11.1 Å². The van der Waals surface area contributed by atoms with Gasteiger partial charge in [0.25, 0.3) is 0 Å². The van der Waals surface area contributed by atoms with E-state index < -0.39 is 0 Å². The number of benzene rings is 1. The van der Waals surface area contributed by atoms with Crippen molar-refractivity contribution in [1.82, 2.24) is 20.5 Å². The lowest BCUT2D eigenvalue weighted by Gasteiger charge is -2.33. The van der Waals surface area contributed by atoms with Crippen molar-refractivity contribution in [2.75, 3.05) is 18.0 Å². The first-order chi connectivity index (χ1) is 11.8. The Balaban J connectivity index is 1.38. The molecule has 3 heterocycles. The Morgan fingerprint density at radius 2 is 2.12 bits per heavy atom. The van der Waals surface area contributed by atoms with E-state index in [1.54, 1.807) is 0 Å². The Morgan fingerprint density at radius 1 is 1.21 bits per heavy atom. The molecule has 1 aliphatic rings. The third-order valence-corrected chi connectivity index (χ3v) is 4.41. The highest BCUT2D eigenvalue weighted by atomic mass is 16.3. The number of aromatic nitrogens is 3. The molecule has 0 saturated carbocycles. The fourth-order valence-corrected chi connectivity index (χ4v) is 3.14. The molecule has 1 saturated heterocycles. The molecule has 0 radical (unpaired) electrons. The molecular formula is C18H21N5O. The minimum atomic E-state index is 0.400. The standard InChI is InChI=1S/C18H21N5O/c1-13-8-9-17(22-21-13)23-10-4-5-14(12-23)19-11-18-20-15-6-2-3-7-16(15)24-18/h2-3,6-9,14,19H,4-5,10-12H2,1H3. The van der Waals surface area contributed by atoms with Gasteiger partial charge in [0.05, 0.1) is 12.2 Å². The molecule has 0 amide bonds. The van der Waals surface area contributed by atoms with Crippen molar-refractivity contribution in [3.05, 3.63) is 48.0 Å². The summed E-state index contributed by atoms with van der Waals surface area (Å²) < 4.78 is 5.77. The zero-order chi connectivity index (χ0) is 16.4. The van der Waals surface area contributed by atoms with Gasteiger partial charge in [0.2, 0.25) is 5.89 Å². The van der Waals surface area contributed by atoms with Gasteiger partial charge in [-0.1, -0.05) is 12.1 Å². The first-order valence-corrected chi connectivity index (χ1v) is 8.41. The van der Waals surface area contributed by atoms with E-state index in [0.717, 1.165) is 54.4 Å². The van der Waals surface area contributed by atoms with Crippen LogP contribution in [-0.4, -0.2) is 34.3 Å². The van der Waals surface area contributed by atoms with E-state index >= 15 is 0 Å². The molecule has 1 aromatic carbocycles. The quantitative estimate of drug-likeness (QED) is 0.796. The first-order valence-electron chi connectivity index (χ1n) is 8.41. The zero-order valence-electron chi connectivity index (χ0n) is 13.8. The number of rotatable bonds is 4. The normalized spacial score (nSPS) is 18.2. The number of aryl methyl sites for hydroxylation is 1. The fraction of sp³-hybridized carbons (Fsp3) is 0.389. The largest absolute Gasteiger partial charge is 0.439 e. The predicted octanol–water partition coefficient (Wildman–Crippen LogP) is 2.68. The van der Waals surface area contributed by atoms with Gasteiger partial charge in [0.15, 0.2) is 11.4 Å². The molecule has 6 heteroatoms. The zero-order valence-corrected chi connectivity index (χ0v) is 13.8. The number of fused-ring (bicyclic) bond motifs is 1. The topological polar surface area (TPSA) is 67.1 Å². The van der Waals surface area contributed by atoms with Gasteiger partial charge in [-0.15, -0.1) is 5.10 Å². The molecule has 4 rings (SSSR count). The molecule has 1 atom stereocenters. The molecule has 6 nitrogen and oxygen atoms in total. The second-order valence-corrected chi connectivity index (χ2v) is 6.27. The van der Waals surface area contributed by atoms with Crippen LogP contribution >= 0.6 is 0 Å². The molecule has 1 unspecified atom stereocenters. The Morgan fingerprint density at radius 3 is 2.96 bits per heavy atom. The Kier molecular flexibility index (Phi) is 4.13. The molecule has 3 aromatic rings. The Hall–Kier alpha value is -2.47. The van der Waals surface area contributed by atoms with Crippen molar-refractivity contribution in [3.8, 4) is 0 Å². The van der Waals surface area contributed by atoms with Gasteiger partial charge in [0.1, 0.15) is 5.52 Å². The Labute approximate surface area is 140 Å². The molecule has 24 heavy (non-hydrogen) atoms. The number of anilines is 1. The number of oxazole rings is 1. The van der Waals surface area contributed by atoms with Crippen molar-refractivity contribution in [1.29, 1.82) is 0 Å². The predicted molar refractivity (Wildman–Crippen MR) is 92.9 cm³/mol. The average Bonchev–Trinajstić information content (AvgIpc) is 3.04. The molecule has 1 aliphatic heterocycles. The summed E-state index contributed by atoms with van der Waals surface area (Å²) in [6, 6.07) is 12.3. The summed E-state index contributed by atoms with van der Waals surface area (Å²) in [5.74, 6) is 1.69. The van der Waals surface area contributed by atoms with Crippen LogP contribution in [0.15, 0.2) is 40.8 Å². The van der Waals surface area contributed by atoms with Crippen LogP contribution in [0, 0.1) is 6.92 Å². The molecule has 124 valence electrons. The number of nitrogens with zero attached hydrogens (tertiary/aromatic N) is 4. The van der Waals surface area contributed by atoms with Crippen LogP contribution in [0.5, 0.6) is 0 Å². The van der Waals surface area contributed by atoms with Crippen molar-refractivity contribution in [2.45, 2.75) is 32.4 Å². The van der Waals surface area contributed by atoms with E-state index in [-0.39, 0.29) is 0 Å². The van der Waals surface area contributed by atoms with Crippen molar-refractivity contribution in [2.24, 2.45) is 0 Å². The van der Waals surface area contributed by atoms with Crippen molar-refractivity contribution in [3.63, 3.8) is 0 Å². The molecule has 0 spiro atoms. The van der Waals surface area contributed by atoms with Gasteiger partial charge in [-0.05, 0) is 44.0 Å². The van der Waals surface area contributed by atoms with E-state index in [0.29, 0.717) is 12.6 Å². The second kappa shape index (κ2) is 6.57. The van der Waals surface area contributed by atoms with Gasteiger partial charge < -0.3 is 14.6 Å². The summed E-state index contributed by atoms with van der Waals surface area (Å²) >= 11 is 0. The lowest BCUT2D eigenvalue weighted by atomic mass is 10.1. The molecular weight excluding hydrogens is 302 g/mol. The number of hydrogen-bond acceptors (Lipinski definition) is 6. The average molecular weight is 323 g/mol. The smallest absolute Gasteiger partial charge is 0.209 e. The molecule has 2 aromatic heterocycles. The van der Waals surface area contributed by atoms with Gasteiger partial charge in [-0.3, -0.25) is 0 Å². The number of piperidine rings is 1. The number of para-hydroxylation sites is 2. The lowest BCUT2D eigenvalue weighted by molar-refractivity contribution is 0.393. The van der Waals surface area contributed by atoms with E-state index in [4.69, 9.17) is 4.42 Å². The van der Waals surface area contributed by atoms with Crippen LogP contribution in [-0.2, 0) is 6.54 Å². The molecule has 0 aliphatic carbocycles. The highest BCUT2D eigenvalue weighted by Crippen LogP contribution is 2.18. The minimum absolute atomic E-state index is 0.400. The summed E-state index contributed by atoms with van der Waals surface area (Å²) in [7, 11) is 0. The molecule has 1 N–H and O–H groups in total. The highest BCUT2D eigenvalue weighted by molar-refractivity contribution is 5.72. The number of nitrogens with one attached hydrogen (secondary N) is 1. The van der Waals surface area contributed by atoms with Crippen LogP contribution in [0.2, 0.25) is 0 Å².